The van der Waals surface area contributed by atoms with Crippen LogP contribution in [0.4, 0.5) is 0 Å². The second-order valence-corrected chi connectivity index (χ2v) is 7.90. The van der Waals surface area contributed by atoms with Crippen molar-refractivity contribution in [1.82, 2.24) is 10.3 Å². The van der Waals surface area contributed by atoms with E-state index in [9.17, 15) is 0 Å². The molecule has 112 valence electrons. The van der Waals surface area contributed by atoms with E-state index in [1.165, 1.54) is 35.7 Å². The highest BCUT2D eigenvalue weighted by atomic mass is 15.0. The molecular weight excluding hydrogens is 256 g/mol. The van der Waals surface area contributed by atoms with E-state index in [0.29, 0.717) is 16.9 Å². The van der Waals surface area contributed by atoms with Gasteiger partial charge >= 0.3 is 0 Å². The lowest BCUT2D eigenvalue weighted by molar-refractivity contribution is 0.120. The van der Waals surface area contributed by atoms with Crippen LogP contribution in [0.1, 0.15) is 45.6 Å². The van der Waals surface area contributed by atoms with Crippen molar-refractivity contribution in [1.29, 1.82) is 0 Å². The van der Waals surface area contributed by atoms with Crippen LogP contribution in [0.5, 0.6) is 0 Å². The predicted molar refractivity (Wildman–Crippen MR) is 88.2 cm³/mol. The van der Waals surface area contributed by atoms with Crippen LogP contribution in [0, 0.1) is 16.7 Å². The molecular formula is C19H26N2. The highest BCUT2D eigenvalue weighted by Gasteiger charge is 2.60. The second-order valence-electron chi connectivity index (χ2n) is 7.90. The first kappa shape index (κ1) is 13.4. The third-order valence-electron chi connectivity index (χ3n) is 7.02. The fourth-order valence-electron chi connectivity index (χ4n) is 5.05. The summed E-state index contributed by atoms with van der Waals surface area (Å²) in [5.41, 5.74) is 3.61. The lowest BCUT2D eigenvalue weighted by Crippen LogP contribution is -2.44. The zero-order valence-electron chi connectivity index (χ0n) is 13.4. The Morgan fingerprint density at radius 2 is 2.10 bits per heavy atom. The first-order valence-electron chi connectivity index (χ1n) is 8.31. The molecule has 3 unspecified atom stereocenters. The van der Waals surface area contributed by atoms with Crippen LogP contribution in [0.3, 0.4) is 0 Å². The average Bonchev–Trinajstić information content (AvgIpc) is 3.07. The number of fused-ring (bicyclic) bond motifs is 3. The number of rotatable bonds is 3. The molecule has 2 aromatic rings. The maximum atomic E-state index is 3.89. The molecule has 0 spiro atoms. The smallest absolute Gasteiger partial charge is 0.0457 e. The predicted octanol–water partition coefficient (Wildman–Crippen LogP) is 4.47. The largest absolute Gasteiger partial charge is 0.361 e. The van der Waals surface area contributed by atoms with E-state index < -0.39 is 0 Å². The van der Waals surface area contributed by atoms with Gasteiger partial charge in [-0.05, 0) is 53.7 Å². The van der Waals surface area contributed by atoms with Gasteiger partial charge in [0.15, 0.2) is 0 Å². The molecule has 1 aromatic heterocycles. The number of aromatic nitrogens is 1. The van der Waals surface area contributed by atoms with Gasteiger partial charge in [-0.2, -0.15) is 0 Å². The van der Waals surface area contributed by atoms with Crippen LogP contribution in [0.15, 0.2) is 30.5 Å². The minimum absolute atomic E-state index is 0.462. The molecule has 2 nitrogen and oxygen atoms in total. The number of nitrogens with one attached hydrogen (secondary N) is 2. The Morgan fingerprint density at radius 1 is 1.24 bits per heavy atom. The van der Waals surface area contributed by atoms with Gasteiger partial charge in [0.2, 0.25) is 0 Å². The second kappa shape index (κ2) is 4.36. The van der Waals surface area contributed by atoms with Gasteiger partial charge < -0.3 is 10.3 Å². The van der Waals surface area contributed by atoms with Gasteiger partial charge in [-0.3, -0.25) is 0 Å². The van der Waals surface area contributed by atoms with E-state index in [0.717, 1.165) is 12.5 Å². The van der Waals surface area contributed by atoms with Crippen LogP contribution >= 0.6 is 0 Å². The lowest BCUT2D eigenvalue weighted by atomic mass is 9.69. The third-order valence-corrected chi connectivity index (χ3v) is 7.02. The zero-order valence-corrected chi connectivity index (χ0v) is 13.4. The van der Waals surface area contributed by atoms with E-state index in [-0.39, 0.29) is 0 Å². The number of benzene rings is 1. The van der Waals surface area contributed by atoms with E-state index in [2.05, 4.69) is 55.3 Å². The first-order chi connectivity index (χ1) is 10.0. The molecule has 21 heavy (non-hydrogen) atoms. The number of H-pyrrole nitrogens is 1. The monoisotopic (exact) mass is 282 g/mol. The Labute approximate surface area is 127 Å². The van der Waals surface area contributed by atoms with Crippen LogP contribution in [0.2, 0.25) is 0 Å². The molecule has 2 aliphatic rings. The number of hydrogen-bond acceptors (Lipinski definition) is 1. The third kappa shape index (κ3) is 1.75. The quantitative estimate of drug-likeness (QED) is 0.854. The SMILES string of the molecule is CC1(C)C2CCC1(C)C(NCc1cccc3[nH]ccc13)C2. The minimum atomic E-state index is 0.462. The Hall–Kier alpha value is -1.28. The Kier molecular flexibility index (Phi) is 2.78. The summed E-state index contributed by atoms with van der Waals surface area (Å²) in [4.78, 5) is 3.31. The first-order valence-corrected chi connectivity index (χ1v) is 8.31. The van der Waals surface area contributed by atoms with Crippen LogP contribution in [-0.2, 0) is 6.54 Å². The van der Waals surface area contributed by atoms with Gasteiger partial charge in [0.25, 0.3) is 0 Å². The molecule has 4 rings (SSSR count). The van der Waals surface area contributed by atoms with E-state index in [1.807, 2.05) is 6.20 Å². The Bertz CT molecular complexity index is 669. The number of aromatic amines is 1. The van der Waals surface area contributed by atoms with Crippen molar-refractivity contribution in [2.75, 3.05) is 0 Å². The van der Waals surface area contributed by atoms with Gasteiger partial charge in [-0.15, -0.1) is 0 Å². The van der Waals surface area contributed by atoms with Crippen molar-refractivity contribution in [3.8, 4) is 0 Å². The zero-order chi connectivity index (χ0) is 14.7. The van der Waals surface area contributed by atoms with Crippen molar-refractivity contribution in [2.24, 2.45) is 16.7 Å². The van der Waals surface area contributed by atoms with Crippen molar-refractivity contribution in [2.45, 2.75) is 52.6 Å². The van der Waals surface area contributed by atoms with Gasteiger partial charge in [0.05, 0.1) is 0 Å². The summed E-state index contributed by atoms with van der Waals surface area (Å²) in [7, 11) is 0. The summed E-state index contributed by atoms with van der Waals surface area (Å²) in [5, 5.41) is 5.25. The fraction of sp³-hybridized carbons (Fsp3) is 0.579. The lowest BCUT2D eigenvalue weighted by Gasteiger charge is -2.39. The molecule has 2 fully saturated rings. The van der Waals surface area contributed by atoms with Gasteiger partial charge in [-0.25, -0.2) is 0 Å². The van der Waals surface area contributed by atoms with Crippen molar-refractivity contribution in [3.05, 3.63) is 36.0 Å². The topological polar surface area (TPSA) is 27.8 Å². The van der Waals surface area contributed by atoms with Gasteiger partial charge in [-0.1, -0.05) is 32.9 Å². The molecule has 0 radical (unpaired) electrons. The van der Waals surface area contributed by atoms with E-state index in [4.69, 9.17) is 0 Å². The molecule has 2 bridgehead atoms. The molecule has 3 atom stereocenters. The molecule has 2 N–H and O–H groups in total. The molecule has 1 heterocycles. The molecule has 1 aromatic carbocycles. The highest BCUT2D eigenvalue weighted by Crippen LogP contribution is 2.65. The van der Waals surface area contributed by atoms with E-state index >= 15 is 0 Å². The minimum Gasteiger partial charge on any atom is -0.361 e. The Balaban J connectivity index is 1.55. The fourth-order valence-corrected chi connectivity index (χ4v) is 5.05. The summed E-state index contributed by atoms with van der Waals surface area (Å²) in [5.74, 6) is 0.906. The average molecular weight is 282 g/mol. The van der Waals surface area contributed by atoms with Crippen molar-refractivity contribution >= 4 is 10.9 Å². The summed E-state index contributed by atoms with van der Waals surface area (Å²) in [6, 6.07) is 9.42. The van der Waals surface area contributed by atoms with Crippen LogP contribution in [-0.4, -0.2) is 11.0 Å². The van der Waals surface area contributed by atoms with Gasteiger partial charge in [0, 0.05) is 29.7 Å². The summed E-state index contributed by atoms with van der Waals surface area (Å²) in [6.45, 7) is 8.46. The molecule has 2 aliphatic carbocycles. The van der Waals surface area contributed by atoms with E-state index in [1.54, 1.807) is 0 Å². The molecule has 0 amide bonds. The van der Waals surface area contributed by atoms with Gasteiger partial charge in [0.1, 0.15) is 0 Å². The normalized spacial score (nSPS) is 33.9. The summed E-state index contributed by atoms with van der Waals surface area (Å²) in [6.07, 6.45) is 6.20. The highest BCUT2D eigenvalue weighted by molar-refractivity contribution is 5.82. The van der Waals surface area contributed by atoms with Crippen molar-refractivity contribution < 1.29 is 0 Å². The van der Waals surface area contributed by atoms with Crippen LogP contribution in [0.25, 0.3) is 10.9 Å². The summed E-state index contributed by atoms with van der Waals surface area (Å²) >= 11 is 0. The van der Waals surface area contributed by atoms with Crippen LogP contribution < -0.4 is 5.32 Å². The molecule has 0 saturated heterocycles. The molecule has 0 aliphatic heterocycles. The maximum Gasteiger partial charge on any atom is 0.0457 e. The maximum absolute atomic E-state index is 3.89. The molecule has 2 saturated carbocycles. The Morgan fingerprint density at radius 3 is 2.81 bits per heavy atom. The standard InChI is InChI=1S/C19H26N2/c1-18(2)14-7-9-19(18,3)17(11-14)21-12-13-5-4-6-16-15(13)8-10-20-16/h4-6,8,10,14,17,20-21H,7,9,11-12H2,1-3H3. The summed E-state index contributed by atoms with van der Waals surface area (Å²) < 4.78 is 0. The number of hydrogen-bond donors (Lipinski definition) is 2. The van der Waals surface area contributed by atoms with Crippen molar-refractivity contribution in [3.63, 3.8) is 0 Å². The molecule has 2 heteroatoms.